The topological polar surface area (TPSA) is 99.0 Å². The fraction of sp³-hybridized carbons (Fsp3) is 0.167. The van der Waals surface area contributed by atoms with E-state index in [1.54, 1.807) is 32.4 Å². The third kappa shape index (κ3) is 2.07. The molecule has 0 unspecified atom stereocenters. The van der Waals surface area contributed by atoms with E-state index in [1.165, 1.54) is 6.20 Å². The van der Waals surface area contributed by atoms with Crippen molar-refractivity contribution in [3.63, 3.8) is 0 Å². The van der Waals surface area contributed by atoms with Gasteiger partial charge < -0.3 is 13.9 Å². The number of hydrogen-bond acceptors (Lipinski definition) is 7. The first-order valence-electron chi connectivity index (χ1n) is 5.74. The van der Waals surface area contributed by atoms with Gasteiger partial charge >= 0.3 is 0 Å². The van der Waals surface area contributed by atoms with E-state index in [1.807, 2.05) is 0 Å². The summed E-state index contributed by atoms with van der Waals surface area (Å²) in [5, 5.41) is 18.0. The van der Waals surface area contributed by atoms with Crippen molar-refractivity contribution in [2.75, 3.05) is 14.2 Å². The Morgan fingerprint density at radius 1 is 1.10 bits per heavy atom. The lowest BCUT2D eigenvalue weighted by molar-refractivity contribution is 0.403. The van der Waals surface area contributed by atoms with Crippen molar-refractivity contribution >= 4 is 0 Å². The number of methoxy groups -OCH3 is 2. The Bertz CT molecular complexity index is 708. The number of H-pyrrole nitrogens is 1. The predicted molar refractivity (Wildman–Crippen MR) is 68.2 cm³/mol. The first-order valence-corrected chi connectivity index (χ1v) is 5.74. The molecule has 8 nitrogen and oxygen atoms in total. The molecule has 0 bridgehead atoms. The van der Waals surface area contributed by atoms with Crippen LogP contribution in [-0.2, 0) is 0 Å². The van der Waals surface area contributed by atoms with Crippen LogP contribution in [0, 0.1) is 0 Å². The van der Waals surface area contributed by atoms with Gasteiger partial charge in [0.05, 0.1) is 26.0 Å². The minimum Gasteiger partial charge on any atom is -0.497 e. The Kier molecular flexibility index (Phi) is 3.04. The number of hydrogen-bond donors (Lipinski definition) is 1. The minimum absolute atomic E-state index is 0.277. The first-order chi connectivity index (χ1) is 9.81. The van der Waals surface area contributed by atoms with Gasteiger partial charge in [0.1, 0.15) is 11.5 Å². The molecule has 0 aliphatic carbocycles. The van der Waals surface area contributed by atoms with Crippen molar-refractivity contribution in [1.82, 2.24) is 25.6 Å². The third-order valence-corrected chi connectivity index (χ3v) is 2.70. The van der Waals surface area contributed by atoms with Crippen molar-refractivity contribution in [1.29, 1.82) is 0 Å². The van der Waals surface area contributed by atoms with Crippen LogP contribution in [0.2, 0.25) is 0 Å². The second-order valence-electron chi connectivity index (χ2n) is 3.83. The van der Waals surface area contributed by atoms with Gasteiger partial charge in [-0.3, -0.25) is 0 Å². The van der Waals surface area contributed by atoms with E-state index in [2.05, 4.69) is 25.6 Å². The molecule has 8 heteroatoms. The largest absolute Gasteiger partial charge is 0.497 e. The summed E-state index contributed by atoms with van der Waals surface area (Å²) in [6, 6.07) is 5.32. The van der Waals surface area contributed by atoms with E-state index in [-0.39, 0.29) is 5.89 Å². The summed E-state index contributed by atoms with van der Waals surface area (Å²) in [6.45, 7) is 0. The van der Waals surface area contributed by atoms with Gasteiger partial charge in [-0.2, -0.15) is 15.4 Å². The molecule has 0 saturated heterocycles. The lowest BCUT2D eigenvalue weighted by Gasteiger charge is -2.06. The average Bonchev–Trinajstić information content (AvgIpc) is 3.17. The Morgan fingerprint density at radius 2 is 1.95 bits per heavy atom. The lowest BCUT2D eigenvalue weighted by Crippen LogP contribution is -1.90. The van der Waals surface area contributed by atoms with Crippen LogP contribution in [0.15, 0.2) is 28.8 Å². The second-order valence-corrected chi connectivity index (χ2v) is 3.83. The highest BCUT2D eigenvalue weighted by Gasteiger charge is 2.16. The molecule has 0 saturated carbocycles. The minimum atomic E-state index is 0.277. The van der Waals surface area contributed by atoms with Crippen LogP contribution in [-0.4, -0.2) is 39.8 Å². The molecule has 0 spiro atoms. The standard InChI is InChI=1S/C12H11N5O3/c1-18-7-3-4-10(19-2)8(5-7)11-15-16-12(20-11)9-6-13-17-14-9/h3-6H,1-2H3,(H,13,14,17). The number of rotatable bonds is 4. The van der Waals surface area contributed by atoms with Gasteiger partial charge in [0, 0.05) is 0 Å². The molecule has 102 valence electrons. The van der Waals surface area contributed by atoms with Gasteiger partial charge in [-0.05, 0) is 18.2 Å². The van der Waals surface area contributed by atoms with Gasteiger partial charge in [-0.1, -0.05) is 0 Å². The zero-order chi connectivity index (χ0) is 13.9. The molecule has 0 radical (unpaired) electrons. The number of ether oxygens (including phenoxy) is 2. The molecular weight excluding hydrogens is 262 g/mol. The molecule has 1 aromatic carbocycles. The smallest absolute Gasteiger partial charge is 0.270 e. The van der Waals surface area contributed by atoms with Gasteiger partial charge in [0.25, 0.3) is 11.8 Å². The van der Waals surface area contributed by atoms with E-state index >= 15 is 0 Å². The maximum absolute atomic E-state index is 5.58. The average molecular weight is 273 g/mol. The zero-order valence-electron chi connectivity index (χ0n) is 10.8. The third-order valence-electron chi connectivity index (χ3n) is 2.70. The summed E-state index contributed by atoms with van der Waals surface area (Å²) >= 11 is 0. The maximum atomic E-state index is 5.58. The Hall–Kier alpha value is -2.90. The highest BCUT2D eigenvalue weighted by molar-refractivity contribution is 5.65. The van der Waals surface area contributed by atoms with Crippen molar-refractivity contribution in [2.45, 2.75) is 0 Å². The number of benzene rings is 1. The van der Waals surface area contributed by atoms with Crippen molar-refractivity contribution < 1.29 is 13.9 Å². The summed E-state index contributed by atoms with van der Waals surface area (Å²) < 4.78 is 16.0. The molecule has 3 aromatic rings. The molecule has 2 heterocycles. The molecule has 0 aliphatic rings. The summed E-state index contributed by atoms with van der Waals surface area (Å²) in [5.74, 6) is 1.88. The van der Waals surface area contributed by atoms with Crippen LogP contribution >= 0.6 is 0 Å². The number of aromatic nitrogens is 5. The number of aromatic amines is 1. The van der Waals surface area contributed by atoms with Crippen LogP contribution in [0.25, 0.3) is 23.0 Å². The van der Waals surface area contributed by atoms with Gasteiger partial charge in [-0.25, -0.2) is 0 Å². The fourth-order valence-electron chi connectivity index (χ4n) is 1.72. The van der Waals surface area contributed by atoms with E-state index < -0.39 is 0 Å². The van der Waals surface area contributed by atoms with Crippen molar-refractivity contribution in [3.8, 4) is 34.5 Å². The van der Waals surface area contributed by atoms with Gasteiger partial charge in [0.15, 0.2) is 5.69 Å². The monoisotopic (exact) mass is 273 g/mol. The van der Waals surface area contributed by atoms with E-state index in [0.717, 1.165) is 0 Å². The molecular formula is C12H11N5O3. The molecule has 20 heavy (non-hydrogen) atoms. The first kappa shape index (κ1) is 12.2. The molecule has 0 atom stereocenters. The fourth-order valence-corrected chi connectivity index (χ4v) is 1.72. The predicted octanol–water partition coefficient (Wildman–Crippen LogP) is 1.54. The Labute approximate surface area is 113 Å². The van der Waals surface area contributed by atoms with Crippen LogP contribution in [0.4, 0.5) is 0 Å². The summed E-state index contributed by atoms with van der Waals surface area (Å²) in [7, 11) is 3.15. The molecule has 0 fully saturated rings. The zero-order valence-corrected chi connectivity index (χ0v) is 10.8. The van der Waals surface area contributed by atoms with Crippen molar-refractivity contribution in [3.05, 3.63) is 24.4 Å². The van der Waals surface area contributed by atoms with Crippen LogP contribution < -0.4 is 9.47 Å². The highest BCUT2D eigenvalue weighted by atomic mass is 16.5. The highest BCUT2D eigenvalue weighted by Crippen LogP contribution is 2.33. The quantitative estimate of drug-likeness (QED) is 0.769. The summed E-state index contributed by atoms with van der Waals surface area (Å²) in [5.41, 5.74) is 1.12. The number of nitrogens with zero attached hydrogens (tertiary/aromatic N) is 4. The van der Waals surface area contributed by atoms with E-state index in [0.29, 0.717) is 28.6 Å². The summed E-state index contributed by atoms with van der Waals surface area (Å²) in [4.78, 5) is 0. The Balaban J connectivity index is 2.04. The maximum Gasteiger partial charge on any atom is 0.270 e. The van der Waals surface area contributed by atoms with Crippen molar-refractivity contribution in [2.24, 2.45) is 0 Å². The van der Waals surface area contributed by atoms with Gasteiger partial charge in [-0.15, -0.1) is 10.2 Å². The van der Waals surface area contributed by atoms with Crippen LogP contribution in [0.5, 0.6) is 11.5 Å². The van der Waals surface area contributed by atoms with E-state index in [9.17, 15) is 0 Å². The molecule has 0 amide bonds. The lowest BCUT2D eigenvalue weighted by atomic mass is 10.2. The molecule has 2 aromatic heterocycles. The normalized spacial score (nSPS) is 10.5. The summed E-state index contributed by atoms with van der Waals surface area (Å²) in [6.07, 6.45) is 1.50. The SMILES string of the molecule is COc1ccc(OC)c(-c2nnc(-c3cn[nH]n3)o2)c1. The van der Waals surface area contributed by atoms with Crippen LogP contribution in [0.1, 0.15) is 0 Å². The molecule has 3 rings (SSSR count). The molecule has 1 N–H and O–H groups in total. The second kappa shape index (κ2) is 5.00. The molecule has 0 aliphatic heterocycles. The van der Waals surface area contributed by atoms with Crippen LogP contribution in [0.3, 0.4) is 0 Å². The number of nitrogens with one attached hydrogen (secondary N) is 1. The van der Waals surface area contributed by atoms with E-state index in [4.69, 9.17) is 13.9 Å². The van der Waals surface area contributed by atoms with Gasteiger partial charge in [0.2, 0.25) is 0 Å². The Morgan fingerprint density at radius 3 is 2.65 bits per heavy atom.